The van der Waals surface area contributed by atoms with Gasteiger partial charge in [-0.15, -0.1) is 0 Å². The molecule has 1 heterocycles. The molecule has 0 spiro atoms. The molecule has 1 amide bonds. The summed E-state index contributed by atoms with van der Waals surface area (Å²) < 4.78 is 25.7. The van der Waals surface area contributed by atoms with Crippen molar-refractivity contribution in [3.05, 3.63) is 89.6 Å². The van der Waals surface area contributed by atoms with E-state index in [1.807, 2.05) is 0 Å². The summed E-state index contributed by atoms with van der Waals surface area (Å²) in [6.45, 7) is 0.662. The smallest absolute Gasteiger partial charge is 0.228 e. The lowest BCUT2D eigenvalue weighted by Gasteiger charge is -2.08. The zero-order chi connectivity index (χ0) is 19.1. The van der Waals surface area contributed by atoms with Crippen LogP contribution in [-0.4, -0.2) is 17.4 Å². The fraction of sp³-hybridized carbons (Fsp3) is 0.143. The quantitative estimate of drug-likeness (QED) is 0.658. The Kier molecular flexibility index (Phi) is 6.10. The molecule has 0 aliphatic heterocycles. The molecule has 3 rings (SSSR count). The Labute approximate surface area is 156 Å². The summed E-state index contributed by atoms with van der Waals surface area (Å²) in [6.07, 6.45) is 2.48. The number of carbonyl (C=O) groups is 1. The van der Waals surface area contributed by atoms with Crippen molar-refractivity contribution in [1.29, 1.82) is 0 Å². The third-order valence-electron chi connectivity index (χ3n) is 3.96. The number of hydrogen-bond donors (Lipinski definition) is 2. The van der Waals surface area contributed by atoms with Crippen molar-refractivity contribution in [2.24, 2.45) is 0 Å². The highest BCUT2D eigenvalue weighted by molar-refractivity contribution is 5.92. The van der Waals surface area contributed by atoms with Gasteiger partial charge in [-0.3, -0.25) is 4.79 Å². The Bertz CT molecular complexity index is 879. The first-order chi connectivity index (χ1) is 13.1. The van der Waals surface area contributed by atoms with Crippen LogP contribution in [0.4, 0.5) is 20.3 Å². The minimum Gasteiger partial charge on any atom is -0.370 e. The summed E-state index contributed by atoms with van der Waals surface area (Å²) in [5, 5.41) is 5.94. The molecule has 0 saturated heterocycles. The number of anilines is 2. The van der Waals surface area contributed by atoms with Crippen LogP contribution in [0.1, 0.15) is 11.1 Å². The van der Waals surface area contributed by atoms with Gasteiger partial charge in [-0.2, -0.15) is 0 Å². The highest BCUT2D eigenvalue weighted by atomic mass is 19.1. The van der Waals surface area contributed by atoms with Crippen molar-refractivity contribution in [3.63, 3.8) is 0 Å². The highest BCUT2D eigenvalue weighted by Crippen LogP contribution is 2.11. The molecule has 138 valence electrons. The average molecular weight is 367 g/mol. The Morgan fingerprint density at radius 2 is 1.48 bits per heavy atom. The molecule has 3 aromatic rings. The zero-order valence-electron chi connectivity index (χ0n) is 14.6. The number of rotatable bonds is 7. The molecule has 27 heavy (non-hydrogen) atoms. The molecule has 2 N–H and O–H groups in total. The number of benzene rings is 2. The molecular weight excluding hydrogens is 348 g/mol. The molecule has 0 unspecified atom stereocenters. The van der Waals surface area contributed by atoms with E-state index in [0.29, 0.717) is 18.1 Å². The van der Waals surface area contributed by atoms with E-state index in [1.165, 1.54) is 24.3 Å². The van der Waals surface area contributed by atoms with E-state index in [4.69, 9.17) is 0 Å². The Morgan fingerprint density at radius 3 is 2.07 bits per heavy atom. The fourth-order valence-electron chi connectivity index (χ4n) is 2.55. The van der Waals surface area contributed by atoms with Crippen LogP contribution in [0.2, 0.25) is 0 Å². The molecule has 2 aromatic carbocycles. The van der Waals surface area contributed by atoms with Crippen LogP contribution in [0.15, 0.2) is 66.9 Å². The Balaban J connectivity index is 1.45. The molecular formula is C21H19F2N3O. The summed E-state index contributed by atoms with van der Waals surface area (Å²) >= 11 is 0. The second-order valence-corrected chi connectivity index (χ2v) is 6.09. The number of nitrogens with zero attached hydrogens (tertiary/aromatic N) is 1. The van der Waals surface area contributed by atoms with Gasteiger partial charge in [-0.05, 0) is 53.9 Å². The van der Waals surface area contributed by atoms with Gasteiger partial charge >= 0.3 is 0 Å². The van der Waals surface area contributed by atoms with Gasteiger partial charge in [0.1, 0.15) is 17.5 Å². The predicted molar refractivity (Wildman–Crippen MR) is 102 cm³/mol. The summed E-state index contributed by atoms with van der Waals surface area (Å²) in [5.74, 6) is -0.0783. The number of aromatic nitrogens is 1. The topological polar surface area (TPSA) is 54.0 Å². The van der Waals surface area contributed by atoms with E-state index in [2.05, 4.69) is 15.6 Å². The Hall–Kier alpha value is -3.28. The maximum Gasteiger partial charge on any atom is 0.228 e. The summed E-state index contributed by atoms with van der Waals surface area (Å²) in [7, 11) is 0. The predicted octanol–water partition coefficient (Wildman–Crippen LogP) is 4.20. The van der Waals surface area contributed by atoms with Crippen molar-refractivity contribution >= 4 is 17.4 Å². The molecule has 0 bridgehead atoms. The fourth-order valence-corrected chi connectivity index (χ4v) is 2.55. The second-order valence-electron chi connectivity index (χ2n) is 6.09. The number of carbonyl (C=O) groups excluding carboxylic acids is 1. The van der Waals surface area contributed by atoms with E-state index in [9.17, 15) is 13.6 Å². The standard InChI is InChI=1S/C21H19F2N3O/c22-17-5-1-15(2-6-17)11-12-24-20-10-9-19(14-25-20)26-21(27)13-16-3-7-18(23)8-4-16/h1-10,14H,11-13H2,(H,24,25)(H,26,27). The van der Waals surface area contributed by atoms with Crippen molar-refractivity contribution in [2.75, 3.05) is 17.2 Å². The normalized spacial score (nSPS) is 10.4. The zero-order valence-corrected chi connectivity index (χ0v) is 14.6. The van der Waals surface area contributed by atoms with Gasteiger partial charge in [0, 0.05) is 6.54 Å². The van der Waals surface area contributed by atoms with Crippen molar-refractivity contribution in [2.45, 2.75) is 12.8 Å². The first-order valence-corrected chi connectivity index (χ1v) is 8.57. The molecule has 0 radical (unpaired) electrons. The molecule has 0 aliphatic carbocycles. The lowest BCUT2D eigenvalue weighted by atomic mass is 10.1. The average Bonchev–Trinajstić information content (AvgIpc) is 2.67. The van der Waals surface area contributed by atoms with Gasteiger partial charge in [-0.1, -0.05) is 24.3 Å². The van der Waals surface area contributed by atoms with Crippen LogP contribution in [0.25, 0.3) is 0 Å². The van der Waals surface area contributed by atoms with Crippen LogP contribution in [0, 0.1) is 11.6 Å². The van der Waals surface area contributed by atoms with Crippen LogP contribution < -0.4 is 10.6 Å². The van der Waals surface area contributed by atoms with Crippen molar-refractivity contribution < 1.29 is 13.6 Å². The monoisotopic (exact) mass is 367 g/mol. The van der Waals surface area contributed by atoms with E-state index in [1.54, 1.807) is 42.6 Å². The van der Waals surface area contributed by atoms with Gasteiger partial charge in [0.25, 0.3) is 0 Å². The molecule has 0 fully saturated rings. The van der Waals surface area contributed by atoms with Crippen LogP contribution in [0.3, 0.4) is 0 Å². The minimum absolute atomic E-state index is 0.165. The first kappa shape index (κ1) is 18.5. The number of nitrogens with one attached hydrogen (secondary N) is 2. The second kappa shape index (κ2) is 8.89. The molecule has 0 saturated carbocycles. The highest BCUT2D eigenvalue weighted by Gasteiger charge is 2.05. The molecule has 0 aliphatic rings. The summed E-state index contributed by atoms with van der Waals surface area (Å²) in [6, 6.07) is 15.8. The summed E-state index contributed by atoms with van der Waals surface area (Å²) in [5.41, 5.74) is 2.36. The first-order valence-electron chi connectivity index (χ1n) is 8.57. The maximum absolute atomic E-state index is 12.9. The largest absolute Gasteiger partial charge is 0.370 e. The number of halogens is 2. The maximum atomic E-state index is 12.9. The SMILES string of the molecule is O=C(Cc1ccc(F)cc1)Nc1ccc(NCCc2ccc(F)cc2)nc1. The van der Waals surface area contributed by atoms with Gasteiger partial charge in [0.2, 0.25) is 5.91 Å². The molecule has 4 nitrogen and oxygen atoms in total. The van der Waals surface area contributed by atoms with E-state index >= 15 is 0 Å². The van der Waals surface area contributed by atoms with Crippen molar-refractivity contribution in [1.82, 2.24) is 4.98 Å². The van der Waals surface area contributed by atoms with Gasteiger partial charge in [0.15, 0.2) is 0 Å². The number of pyridine rings is 1. The minimum atomic E-state index is -0.328. The third-order valence-corrected chi connectivity index (χ3v) is 3.96. The Morgan fingerprint density at radius 1 is 0.852 bits per heavy atom. The van der Waals surface area contributed by atoms with Gasteiger partial charge in [-0.25, -0.2) is 13.8 Å². The van der Waals surface area contributed by atoms with Crippen LogP contribution in [-0.2, 0) is 17.6 Å². The lowest BCUT2D eigenvalue weighted by Crippen LogP contribution is -2.14. The third kappa shape index (κ3) is 5.88. The number of amides is 1. The number of hydrogen-bond acceptors (Lipinski definition) is 3. The molecule has 1 aromatic heterocycles. The van der Waals surface area contributed by atoms with Gasteiger partial charge < -0.3 is 10.6 Å². The van der Waals surface area contributed by atoms with E-state index in [0.717, 1.165) is 17.5 Å². The van der Waals surface area contributed by atoms with E-state index < -0.39 is 0 Å². The van der Waals surface area contributed by atoms with Crippen LogP contribution in [0.5, 0.6) is 0 Å². The summed E-state index contributed by atoms with van der Waals surface area (Å²) in [4.78, 5) is 16.3. The molecule has 0 atom stereocenters. The van der Waals surface area contributed by atoms with E-state index in [-0.39, 0.29) is 24.0 Å². The van der Waals surface area contributed by atoms with Crippen LogP contribution >= 0.6 is 0 Å². The van der Waals surface area contributed by atoms with Crippen molar-refractivity contribution in [3.8, 4) is 0 Å². The molecule has 6 heteroatoms. The van der Waals surface area contributed by atoms with Gasteiger partial charge in [0.05, 0.1) is 18.3 Å². The lowest BCUT2D eigenvalue weighted by molar-refractivity contribution is -0.115.